The first-order valence-corrected chi connectivity index (χ1v) is 3.74. The number of nitriles is 1. The lowest BCUT2D eigenvalue weighted by Gasteiger charge is -2.26. The summed E-state index contributed by atoms with van der Waals surface area (Å²) in [5, 5.41) is 8.78. The van der Waals surface area contributed by atoms with Gasteiger partial charge in [-0.1, -0.05) is 19.1 Å². The molecule has 0 N–H and O–H groups in total. The van der Waals surface area contributed by atoms with E-state index in [2.05, 4.69) is 25.1 Å². The Morgan fingerprint density at radius 1 is 1.70 bits per heavy atom. The molecule has 0 radical (unpaired) electrons. The largest absolute Gasteiger partial charge is 0.198 e. The molecular formula is C9H13N. The van der Waals surface area contributed by atoms with E-state index in [0.29, 0.717) is 5.92 Å². The number of allylic oxidation sites excluding steroid dienone is 2. The molecular weight excluding hydrogens is 122 g/mol. The predicted molar refractivity (Wildman–Crippen MR) is 41.3 cm³/mol. The SMILES string of the molecule is C[C@H]1C=CC[C@](C)(C#N)C1. The van der Waals surface area contributed by atoms with Crippen LogP contribution in [0.15, 0.2) is 12.2 Å². The fourth-order valence-corrected chi connectivity index (χ4v) is 1.51. The normalized spacial score (nSPS) is 39.1. The Kier molecular flexibility index (Phi) is 1.80. The molecule has 10 heavy (non-hydrogen) atoms. The van der Waals surface area contributed by atoms with Gasteiger partial charge in [-0.3, -0.25) is 0 Å². The van der Waals surface area contributed by atoms with Crippen molar-refractivity contribution >= 4 is 0 Å². The Balaban J connectivity index is 2.70. The van der Waals surface area contributed by atoms with Crippen LogP contribution in [0.4, 0.5) is 0 Å². The van der Waals surface area contributed by atoms with Crippen LogP contribution in [0.1, 0.15) is 26.7 Å². The fraction of sp³-hybridized carbons (Fsp3) is 0.667. The molecule has 1 nitrogen and oxygen atoms in total. The maximum Gasteiger partial charge on any atom is 0.0690 e. The van der Waals surface area contributed by atoms with Crippen LogP contribution in [0.3, 0.4) is 0 Å². The summed E-state index contributed by atoms with van der Waals surface area (Å²) in [6.45, 7) is 4.19. The van der Waals surface area contributed by atoms with Crippen LogP contribution in [0.2, 0.25) is 0 Å². The van der Waals surface area contributed by atoms with Crippen molar-refractivity contribution in [2.75, 3.05) is 0 Å². The molecule has 0 saturated heterocycles. The lowest BCUT2D eigenvalue weighted by Crippen LogP contribution is -2.19. The molecule has 0 amide bonds. The molecule has 0 spiro atoms. The Bertz CT molecular complexity index is 187. The fourth-order valence-electron chi connectivity index (χ4n) is 1.51. The van der Waals surface area contributed by atoms with E-state index in [-0.39, 0.29) is 5.41 Å². The molecule has 0 bridgehead atoms. The van der Waals surface area contributed by atoms with Crippen LogP contribution in [0.5, 0.6) is 0 Å². The second kappa shape index (κ2) is 2.46. The smallest absolute Gasteiger partial charge is 0.0690 e. The van der Waals surface area contributed by atoms with Gasteiger partial charge < -0.3 is 0 Å². The highest BCUT2D eigenvalue weighted by atomic mass is 14.4. The third kappa shape index (κ3) is 1.39. The highest BCUT2D eigenvalue weighted by Gasteiger charge is 2.26. The van der Waals surface area contributed by atoms with Crippen LogP contribution in [-0.2, 0) is 0 Å². The Hall–Kier alpha value is -0.770. The molecule has 1 aliphatic rings. The van der Waals surface area contributed by atoms with Gasteiger partial charge in [0.15, 0.2) is 0 Å². The van der Waals surface area contributed by atoms with E-state index < -0.39 is 0 Å². The molecule has 0 saturated carbocycles. The molecule has 0 aromatic heterocycles. The maximum absolute atomic E-state index is 8.78. The van der Waals surface area contributed by atoms with Crippen molar-refractivity contribution in [2.45, 2.75) is 26.7 Å². The van der Waals surface area contributed by atoms with E-state index in [1.54, 1.807) is 0 Å². The van der Waals surface area contributed by atoms with E-state index in [9.17, 15) is 0 Å². The Labute approximate surface area is 62.4 Å². The topological polar surface area (TPSA) is 23.8 Å². The minimum absolute atomic E-state index is 0.0891. The molecule has 1 heteroatoms. The summed E-state index contributed by atoms with van der Waals surface area (Å²) in [4.78, 5) is 0. The van der Waals surface area contributed by atoms with Crippen molar-refractivity contribution in [1.29, 1.82) is 5.26 Å². The number of hydrogen-bond donors (Lipinski definition) is 0. The molecule has 0 heterocycles. The van der Waals surface area contributed by atoms with Crippen LogP contribution >= 0.6 is 0 Å². The van der Waals surface area contributed by atoms with Crippen molar-refractivity contribution in [3.8, 4) is 6.07 Å². The number of hydrogen-bond acceptors (Lipinski definition) is 1. The minimum Gasteiger partial charge on any atom is -0.198 e. The van der Waals surface area contributed by atoms with Gasteiger partial charge in [0, 0.05) is 0 Å². The van der Waals surface area contributed by atoms with Gasteiger partial charge in [0.1, 0.15) is 0 Å². The summed E-state index contributed by atoms with van der Waals surface area (Å²) >= 11 is 0. The first kappa shape index (κ1) is 7.34. The van der Waals surface area contributed by atoms with Crippen molar-refractivity contribution in [2.24, 2.45) is 11.3 Å². The second-order valence-corrected chi connectivity index (χ2v) is 3.49. The summed E-state index contributed by atoms with van der Waals surface area (Å²) in [7, 11) is 0. The maximum atomic E-state index is 8.78. The van der Waals surface area contributed by atoms with Crippen LogP contribution in [-0.4, -0.2) is 0 Å². The molecule has 1 rings (SSSR count). The summed E-state index contributed by atoms with van der Waals surface area (Å²) in [6, 6.07) is 2.36. The lowest BCUT2D eigenvalue weighted by molar-refractivity contribution is 0.347. The standard InChI is InChI=1S/C9H13N/c1-8-4-3-5-9(2,6-8)7-10/h3-4,8H,5-6H2,1-2H3/t8-,9-/m0/s1. The van der Waals surface area contributed by atoms with Crippen molar-refractivity contribution in [3.63, 3.8) is 0 Å². The lowest BCUT2D eigenvalue weighted by atomic mass is 9.76. The van der Waals surface area contributed by atoms with Gasteiger partial charge in [-0.2, -0.15) is 5.26 Å². The van der Waals surface area contributed by atoms with E-state index in [4.69, 9.17) is 5.26 Å². The summed E-state index contributed by atoms with van der Waals surface area (Å²) < 4.78 is 0. The average Bonchev–Trinajstić information content (AvgIpc) is 1.88. The minimum atomic E-state index is -0.0891. The predicted octanol–water partition coefficient (Wildman–Crippen LogP) is 2.50. The zero-order valence-corrected chi connectivity index (χ0v) is 6.59. The Morgan fingerprint density at radius 3 is 2.80 bits per heavy atom. The highest BCUT2D eigenvalue weighted by molar-refractivity contribution is 5.08. The van der Waals surface area contributed by atoms with E-state index in [0.717, 1.165) is 12.8 Å². The summed E-state index contributed by atoms with van der Waals surface area (Å²) in [6.07, 6.45) is 6.25. The molecule has 1 aliphatic carbocycles. The van der Waals surface area contributed by atoms with Gasteiger partial charge in [0.05, 0.1) is 11.5 Å². The third-order valence-electron chi connectivity index (χ3n) is 2.08. The van der Waals surface area contributed by atoms with Gasteiger partial charge in [-0.15, -0.1) is 0 Å². The van der Waals surface area contributed by atoms with E-state index in [1.165, 1.54) is 0 Å². The van der Waals surface area contributed by atoms with Gasteiger partial charge in [0.25, 0.3) is 0 Å². The van der Waals surface area contributed by atoms with Crippen LogP contribution in [0, 0.1) is 22.7 Å². The molecule has 0 unspecified atom stereocenters. The molecule has 2 atom stereocenters. The van der Waals surface area contributed by atoms with Crippen molar-refractivity contribution in [3.05, 3.63) is 12.2 Å². The molecule has 0 fully saturated rings. The summed E-state index contributed by atoms with van der Waals surface area (Å²) in [5.74, 6) is 0.582. The van der Waals surface area contributed by atoms with E-state index in [1.807, 2.05) is 6.92 Å². The monoisotopic (exact) mass is 135 g/mol. The van der Waals surface area contributed by atoms with Gasteiger partial charge in [-0.25, -0.2) is 0 Å². The molecule has 54 valence electrons. The van der Waals surface area contributed by atoms with Crippen LogP contribution < -0.4 is 0 Å². The van der Waals surface area contributed by atoms with E-state index >= 15 is 0 Å². The molecule has 0 aromatic carbocycles. The van der Waals surface area contributed by atoms with Crippen molar-refractivity contribution < 1.29 is 0 Å². The quantitative estimate of drug-likeness (QED) is 0.468. The third-order valence-corrected chi connectivity index (χ3v) is 2.08. The van der Waals surface area contributed by atoms with Gasteiger partial charge in [0.2, 0.25) is 0 Å². The summed E-state index contributed by atoms with van der Waals surface area (Å²) in [5.41, 5.74) is -0.0891. The second-order valence-electron chi connectivity index (χ2n) is 3.49. The molecule has 0 aliphatic heterocycles. The average molecular weight is 135 g/mol. The van der Waals surface area contributed by atoms with Crippen molar-refractivity contribution in [1.82, 2.24) is 0 Å². The number of nitrogens with zero attached hydrogens (tertiary/aromatic N) is 1. The van der Waals surface area contributed by atoms with Crippen LogP contribution in [0.25, 0.3) is 0 Å². The zero-order valence-electron chi connectivity index (χ0n) is 6.59. The number of rotatable bonds is 0. The first-order chi connectivity index (χ1) is 4.66. The molecule has 0 aromatic rings. The van der Waals surface area contributed by atoms with Gasteiger partial charge >= 0.3 is 0 Å². The first-order valence-electron chi connectivity index (χ1n) is 3.74. The van der Waals surface area contributed by atoms with Gasteiger partial charge in [-0.05, 0) is 25.7 Å². The zero-order chi connectivity index (χ0) is 7.61. The highest BCUT2D eigenvalue weighted by Crippen LogP contribution is 2.33. The Morgan fingerprint density at radius 2 is 2.40 bits per heavy atom.